The predicted octanol–water partition coefficient (Wildman–Crippen LogP) is 3.19. The van der Waals surface area contributed by atoms with Crippen molar-refractivity contribution in [3.63, 3.8) is 0 Å². The lowest BCUT2D eigenvalue weighted by Gasteiger charge is -2.32. The van der Waals surface area contributed by atoms with E-state index in [0.717, 1.165) is 0 Å². The first-order chi connectivity index (χ1) is 12.8. The van der Waals surface area contributed by atoms with E-state index in [0.29, 0.717) is 55.7 Å². The van der Waals surface area contributed by atoms with E-state index in [4.69, 9.17) is 27.9 Å². The smallest absolute Gasteiger partial charge is 0.387 e. The Balaban J connectivity index is 2.11. The highest BCUT2D eigenvalue weighted by atomic mass is 35.5. The van der Waals surface area contributed by atoms with Gasteiger partial charge in [-0.15, -0.1) is 0 Å². The van der Waals surface area contributed by atoms with Crippen molar-refractivity contribution in [1.82, 2.24) is 10.6 Å². The number of aliphatic hydroxyl groups is 1. The molecule has 0 unspecified atom stereocenters. The molecule has 0 bridgehead atoms. The van der Waals surface area contributed by atoms with E-state index in [9.17, 15) is 13.9 Å². The maximum atomic E-state index is 12.7. The first-order valence-electron chi connectivity index (χ1n) is 8.58. The summed E-state index contributed by atoms with van der Waals surface area (Å²) >= 11 is 11.9. The van der Waals surface area contributed by atoms with Crippen LogP contribution in [0.5, 0.6) is 5.75 Å². The van der Waals surface area contributed by atoms with Crippen LogP contribution in [0.3, 0.4) is 0 Å². The van der Waals surface area contributed by atoms with E-state index in [1.807, 2.05) is 6.92 Å². The Kier molecular flexibility index (Phi) is 8.34. The van der Waals surface area contributed by atoms with Crippen LogP contribution in [0.15, 0.2) is 17.1 Å². The maximum Gasteiger partial charge on any atom is 0.387 e. The topological polar surface area (TPSA) is 75.1 Å². The van der Waals surface area contributed by atoms with Crippen LogP contribution in [0.4, 0.5) is 8.78 Å². The second-order valence-electron chi connectivity index (χ2n) is 6.14. The molecule has 1 fully saturated rings. The minimum atomic E-state index is -3.01. The number of benzene rings is 1. The van der Waals surface area contributed by atoms with Gasteiger partial charge in [0.2, 0.25) is 0 Å². The number of rotatable bonds is 7. The van der Waals surface area contributed by atoms with Gasteiger partial charge in [-0.1, -0.05) is 23.2 Å². The Morgan fingerprint density at radius 3 is 2.67 bits per heavy atom. The first kappa shape index (κ1) is 21.9. The molecule has 0 spiro atoms. The molecule has 2 rings (SSSR count). The Bertz CT molecular complexity index is 657. The van der Waals surface area contributed by atoms with E-state index >= 15 is 0 Å². The summed E-state index contributed by atoms with van der Waals surface area (Å²) in [7, 11) is 0. The van der Waals surface area contributed by atoms with Gasteiger partial charge in [-0.3, -0.25) is 0 Å². The summed E-state index contributed by atoms with van der Waals surface area (Å²) in [4.78, 5) is 4.36. The Labute approximate surface area is 166 Å². The maximum absolute atomic E-state index is 12.7. The van der Waals surface area contributed by atoms with E-state index in [2.05, 4.69) is 20.4 Å². The number of nitrogens with zero attached hydrogens (tertiary/aromatic N) is 1. The fraction of sp³-hybridized carbons (Fsp3) is 0.588. The second kappa shape index (κ2) is 10.3. The van der Waals surface area contributed by atoms with Gasteiger partial charge in [-0.05, 0) is 19.1 Å². The third-order valence-corrected chi connectivity index (χ3v) is 4.55. The molecule has 0 amide bonds. The van der Waals surface area contributed by atoms with Crippen LogP contribution in [-0.4, -0.2) is 49.6 Å². The number of aliphatic imine (C=N–C) groups is 1. The van der Waals surface area contributed by atoms with Crippen LogP contribution in [0, 0.1) is 0 Å². The monoisotopic (exact) mass is 425 g/mol. The molecule has 27 heavy (non-hydrogen) atoms. The van der Waals surface area contributed by atoms with Gasteiger partial charge in [-0.25, -0.2) is 4.99 Å². The summed E-state index contributed by atoms with van der Waals surface area (Å²) in [5.41, 5.74) is -0.549. The number of alkyl halides is 2. The number of halogens is 4. The van der Waals surface area contributed by atoms with E-state index < -0.39 is 12.2 Å². The van der Waals surface area contributed by atoms with Crippen molar-refractivity contribution in [2.24, 2.45) is 4.99 Å². The summed E-state index contributed by atoms with van der Waals surface area (Å²) in [5.74, 6) is 0.273. The van der Waals surface area contributed by atoms with Crippen molar-refractivity contribution in [3.8, 4) is 5.75 Å². The Morgan fingerprint density at radius 1 is 1.33 bits per heavy atom. The molecular weight excluding hydrogens is 403 g/mol. The summed E-state index contributed by atoms with van der Waals surface area (Å²) in [5, 5.41) is 16.9. The minimum Gasteiger partial charge on any atom is -0.433 e. The zero-order valence-corrected chi connectivity index (χ0v) is 16.4. The predicted molar refractivity (Wildman–Crippen MR) is 101 cm³/mol. The van der Waals surface area contributed by atoms with Crippen molar-refractivity contribution in [3.05, 3.63) is 27.7 Å². The first-order valence-corrected chi connectivity index (χ1v) is 9.33. The number of nitrogens with one attached hydrogen (secondary N) is 2. The summed E-state index contributed by atoms with van der Waals surface area (Å²) in [6, 6.07) is 2.81. The molecule has 0 radical (unpaired) electrons. The van der Waals surface area contributed by atoms with Crippen LogP contribution in [0.1, 0.15) is 25.3 Å². The fourth-order valence-electron chi connectivity index (χ4n) is 2.63. The molecule has 1 saturated heterocycles. The van der Waals surface area contributed by atoms with Gasteiger partial charge >= 0.3 is 6.61 Å². The lowest BCUT2D eigenvalue weighted by Crippen LogP contribution is -2.49. The Hall–Kier alpha value is -1.35. The normalized spacial score (nSPS) is 17.1. The van der Waals surface area contributed by atoms with Crippen molar-refractivity contribution in [1.29, 1.82) is 0 Å². The van der Waals surface area contributed by atoms with Gasteiger partial charge in [0, 0.05) is 49.7 Å². The Morgan fingerprint density at radius 2 is 2.04 bits per heavy atom. The van der Waals surface area contributed by atoms with Crippen molar-refractivity contribution in [2.75, 3.05) is 26.3 Å². The van der Waals surface area contributed by atoms with Gasteiger partial charge in [0.1, 0.15) is 5.75 Å². The highest BCUT2D eigenvalue weighted by Crippen LogP contribution is 2.34. The van der Waals surface area contributed by atoms with Gasteiger partial charge in [0.05, 0.1) is 17.2 Å². The number of hydrogen-bond acceptors (Lipinski definition) is 4. The molecule has 152 valence electrons. The molecule has 1 aliphatic rings. The van der Waals surface area contributed by atoms with Gasteiger partial charge in [0.15, 0.2) is 5.96 Å². The molecule has 10 heteroatoms. The lowest BCUT2D eigenvalue weighted by molar-refractivity contribution is -0.0594. The standard InChI is InChI=1S/C17H23Cl2F2N3O3/c1-2-22-16(24-10-17(25)3-5-26-6-4-17)23-9-11-7-12(18)8-13(19)14(11)27-15(20)21/h7-8,15,25H,2-6,9-10H2,1H3,(H2,22,23,24). The number of guanidine groups is 1. The molecule has 1 aliphatic heterocycles. The van der Waals surface area contributed by atoms with Crippen molar-refractivity contribution < 1.29 is 23.4 Å². The van der Waals surface area contributed by atoms with E-state index in [-0.39, 0.29) is 17.3 Å². The quantitative estimate of drug-likeness (QED) is 0.461. The summed E-state index contributed by atoms with van der Waals surface area (Å²) in [6.07, 6.45) is 1.05. The molecule has 0 aliphatic carbocycles. The van der Waals surface area contributed by atoms with Gasteiger partial charge in [0.25, 0.3) is 0 Å². The van der Waals surface area contributed by atoms with E-state index in [1.165, 1.54) is 12.1 Å². The molecular formula is C17H23Cl2F2N3O3. The van der Waals surface area contributed by atoms with Gasteiger partial charge < -0.3 is 25.2 Å². The molecule has 0 saturated carbocycles. The van der Waals surface area contributed by atoms with Crippen molar-refractivity contribution >= 4 is 29.2 Å². The highest BCUT2D eigenvalue weighted by Gasteiger charge is 2.29. The molecule has 3 N–H and O–H groups in total. The summed E-state index contributed by atoms with van der Waals surface area (Å²) in [6.45, 7) is 0.771. The minimum absolute atomic E-state index is 0.0116. The third-order valence-electron chi connectivity index (χ3n) is 4.05. The van der Waals surface area contributed by atoms with Crippen LogP contribution < -0.4 is 15.4 Å². The molecule has 6 nitrogen and oxygen atoms in total. The van der Waals surface area contributed by atoms with Crippen LogP contribution in [0.25, 0.3) is 0 Å². The van der Waals surface area contributed by atoms with Crippen LogP contribution >= 0.6 is 23.2 Å². The van der Waals surface area contributed by atoms with Crippen LogP contribution in [0.2, 0.25) is 10.0 Å². The zero-order chi connectivity index (χ0) is 19.9. The molecule has 1 aromatic rings. The number of hydrogen-bond donors (Lipinski definition) is 3. The van der Waals surface area contributed by atoms with Crippen LogP contribution in [-0.2, 0) is 11.3 Å². The number of ether oxygens (including phenoxy) is 2. The third kappa shape index (κ3) is 6.95. The molecule has 1 heterocycles. The average molecular weight is 426 g/mol. The summed E-state index contributed by atoms with van der Waals surface area (Å²) < 4.78 is 35.1. The molecule has 0 aromatic heterocycles. The molecule has 0 atom stereocenters. The molecule has 1 aromatic carbocycles. The zero-order valence-electron chi connectivity index (χ0n) is 14.9. The average Bonchev–Trinajstić information content (AvgIpc) is 2.60. The second-order valence-corrected chi connectivity index (χ2v) is 6.98. The highest BCUT2D eigenvalue weighted by molar-refractivity contribution is 6.35. The SMILES string of the molecule is CCNC(=NCc1cc(Cl)cc(Cl)c1OC(F)F)NCC1(O)CCOCC1. The van der Waals surface area contributed by atoms with Crippen molar-refractivity contribution in [2.45, 2.75) is 38.5 Å². The van der Waals surface area contributed by atoms with Gasteiger partial charge in [-0.2, -0.15) is 8.78 Å². The lowest BCUT2D eigenvalue weighted by atomic mass is 9.94. The fourth-order valence-corrected chi connectivity index (χ4v) is 3.21. The largest absolute Gasteiger partial charge is 0.433 e. The van der Waals surface area contributed by atoms with E-state index in [1.54, 1.807) is 0 Å².